The van der Waals surface area contributed by atoms with Crippen LogP contribution in [0.4, 0.5) is 0 Å². The van der Waals surface area contributed by atoms with Gasteiger partial charge in [0.05, 0.1) is 5.69 Å². The van der Waals surface area contributed by atoms with Crippen LogP contribution in [0.2, 0.25) is 0 Å². The first-order valence-electron chi connectivity index (χ1n) is 6.81. The van der Waals surface area contributed by atoms with Crippen LogP contribution in [0.15, 0.2) is 0 Å². The average molecular weight is 235 g/mol. The topological polar surface area (TPSA) is 29.9 Å². The van der Waals surface area contributed by atoms with Gasteiger partial charge < -0.3 is 5.32 Å². The molecular weight excluding hydrogens is 210 g/mol. The van der Waals surface area contributed by atoms with E-state index in [-0.39, 0.29) is 0 Å². The molecule has 0 saturated heterocycles. The Kier molecular flexibility index (Phi) is 3.87. The number of nitrogens with zero attached hydrogens (tertiary/aromatic N) is 2. The van der Waals surface area contributed by atoms with Gasteiger partial charge in [-0.15, -0.1) is 0 Å². The zero-order valence-corrected chi connectivity index (χ0v) is 11.6. The molecule has 0 unspecified atom stereocenters. The summed E-state index contributed by atoms with van der Waals surface area (Å²) in [5.74, 6) is 1.60. The van der Waals surface area contributed by atoms with Crippen molar-refractivity contribution in [1.29, 1.82) is 0 Å². The minimum absolute atomic E-state index is 0.706. The molecule has 17 heavy (non-hydrogen) atoms. The standard InChI is InChI=1S/C14H25N3/c1-10(2)7-15-8-14-11(3)16-17(12(14)4)9-13-5-6-13/h10,13,15H,5-9H2,1-4H3. The summed E-state index contributed by atoms with van der Waals surface area (Å²) in [7, 11) is 0. The highest BCUT2D eigenvalue weighted by Gasteiger charge is 2.23. The molecule has 1 N–H and O–H groups in total. The molecule has 0 radical (unpaired) electrons. The highest BCUT2D eigenvalue weighted by molar-refractivity contribution is 5.24. The van der Waals surface area contributed by atoms with Gasteiger partial charge in [-0.05, 0) is 45.1 Å². The third-order valence-electron chi connectivity index (χ3n) is 3.51. The fourth-order valence-corrected chi connectivity index (χ4v) is 2.20. The van der Waals surface area contributed by atoms with Gasteiger partial charge >= 0.3 is 0 Å². The van der Waals surface area contributed by atoms with Crippen molar-refractivity contribution in [3.8, 4) is 0 Å². The van der Waals surface area contributed by atoms with Crippen LogP contribution in [0.25, 0.3) is 0 Å². The largest absolute Gasteiger partial charge is 0.312 e. The molecular formula is C14H25N3. The molecule has 1 aromatic rings. The van der Waals surface area contributed by atoms with E-state index >= 15 is 0 Å². The fourth-order valence-electron chi connectivity index (χ4n) is 2.20. The van der Waals surface area contributed by atoms with E-state index in [1.54, 1.807) is 0 Å². The molecule has 96 valence electrons. The molecule has 0 aromatic carbocycles. The summed E-state index contributed by atoms with van der Waals surface area (Å²) in [5, 5.41) is 8.18. The minimum atomic E-state index is 0.706. The molecule has 1 aliphatic carbocycles. The van der Waals surface area contributed by atoms with Crippen molar-refractivity contribution in [1.82, 2.24) is 15.1 Å². The first-order chi connectivity index (χ1) is 8.08. The van der Waals surface area contributed by atoms with Crippen molar-refractivity contribution < 1.29 is 0 Å². The first-order valence-corrected chi connectivity index (χ1v) is 6.81. The summed E-state index contributed by atoms with van der Waals surface area (Å²) in [6.45, 7) is 12.0. The van der Waals surface area contributed by atoms with Gasteiger partial charge in [0.15, 0.2) is 0 Å². The monoisotopic (exact) mass is 235 g/mol. The Balaban J connectivity index is 1.97. The molecule has 0 atom stereocenters. The van der Waals surface area contributed by atoms with Crippen LogP contribution in [0.1, 0.15) is 43.6 Å². The zero-order chi connectivity index (χ0) is 12.4. The molecule has 1 fully saturated rings. The van der Waals surface area contributed by atoms with E-state index in [0.717, 1.165) is 25.6 Å². The van der Waals surface area contributed by atoms with Crippen LogP contribution in [0.3, 0.4) is 0 Å². The Hall–Kier alpha value is -0.830. The highest BCUT2D eigenvalue weighted by Crippen LogP contribution is 2.31. The quantitative estimate of drug-likeness (QED) is 0.821. The van der Waals surface area contributed by atoms with Crippen LogP contribution in [0, 0.1) is 25.7 Å². The maximum absolute atomic E-state index is 4.66. The predicted molar refractivity (Wildman–Crippen MR) is 71.0 cm³/mol. The lowest BCUT2D eigenvalue weighted by Gasteiger charge is -2.08. The van der Waals surface area contributed by atoms with Crippen LogP contribution in [-0.2, 0) is 13.1 Å². The molecule has 0 aliphatic heterocycles. The van der Waals surface area contributed by atoms with Crippen molar-refractivity contribution >= 4 is 0 Å². The summed E-state index contributed by atoms with van der Waals surface area (Å²) in [6.07, 6.45) is 2.78. The molecule has 0 amide bonds. The molecule has 0 bridgehead atoms. The van der Waals surface area contributed by atoms with Gasteiger partial charge in [-0.1, -0.05) is 13.8 Å². The Morgan fingerprint density at radius 2 is 2.06 bits per heavy atom. The number of aryl methyl sites for hydroxylation is 1. The summed E-state index contributed by atoms with van der Waals surface area (Å²) >= 11 is 0. The number of hydrogen-bond acceptors (Lipinski definition) is 2. The van der Waals surface area contributed by atoms with Gasteiger partial charge in [0.25, 0.3) is 0 Å². The maximum Gasteiger partial charge on any atom is 0.0641 e. The molecule has 1 aromatic heterocycles. The van der Waals surface area contributed by atoms with E-state index in [0.29, 0.717) is 5.92 Å². The van der Waals surface area contributed by atoms with E-state index in [4.69, 9.17) is 0 Å². The van der Waals surface area contributed by atoms with E-state index in [1.807, 2.05) is 0 Å². The summed E-state index contributed by atoms with van der Waals surface area (Å²) in [6, 6.07) is 0. The second-order valence-electron chi connectivity index (χ2n) is 5.80. The van der Waals surface area contributed by atoms with Crippen LogP contribution in [-0.4, -0.2) is 16.3 Å². The summed E-state index contributed by atoms with van der Waals surface area (Å²) in [4.78, 5) is 0. The summed E-state index contributed by atoms with van der Waals surface area (Å²) in [5.41, 5.74) is 3.94. The van der Waals surface area contributed by atoms with E-state index in [2.05, 4.69) is 42.8 Å². The lowest BCUT2D eigenvalue weighted by atomic mass is 10.2. The van der Waals surface area contributed by atoms with Crippen molar-refractivity contribution in [2.45, 2.75) is 53.6 Å². The zero-order valence-electron chi connectivity index (χ0n) is 11.6. The molecule has 1 saturated carbocycles. The van der Waals surface area contributed by atoms with Crippen LogP contribution < -0.4 is 5.32 Å². The van der Waals surface area contributed by atoms with Gasteiger partial charge in [0.1, 0.15) is 0 Å². The SMILES string of the molecule is Cc1nn(CC2CC2)c(C)c1CNCC(C)C. The van der Waals surface area contributed by atoms with Gasteiger partial charge in [-0.3, -0.25) is 4.68 Å². The van der Waals surface area contributed by atoms with Gasteiger partial charge in [0, 0.05) is 24.3 Å². The van der Waals surface area contributed by atoms with E-state index in [1.165, 1.54) is 29.8 Å². The lowest BCUT2D eigenvalue weighted by Crippen LogP contribution is -2.19. The normalized spacial score (nSPS) is 15.8. The lowest BCUT2D eigenvalue weighted by molar-refractivity contribution is 0.540. The first kappa shape index (κ1) is 12.6. The van der Waals surface area contributed by atoms with Gasteiger partial charge in [-0.2, -0.15) is 5.10 Å². The van der Waals surface area contributed by atoms with Gasteiger partial charge in [-0.25, -0.2) is 0 Å². The van der Waals surface area contributed by atoms with Crippen LogP contribution in [0.5, 0.6) is 0 Å². The Morgan fingerprint density at radius 3 is 2.65 bits per heavy atom. The molecule has 1 aliphatic rings. The number of hydrogen-bond donors (Lipinski definition) is 1. The van der Waals surface area contributed by atoms with Crippen LogP contribution >= 0.6 is 0 Å². The maximum atomic E-state index is 4.66. The second-order valence-corrected chi connectivity index (χ2v) is 5.80. The molecule has 3 heteroatoms. The number of rotatable bonds is 6. The highest BCUT2D eigenvalue weighted by atomic mass is 15.3. The Labute approximate surface area is 105 Å². The van der Waals surface area contributed by atoms with Crippen molar-refractivity contribution in [2.75, 3.05) is 6.54 Å². The number of nitrogens with one attached hydrogen (secondary N) is 1. The Morgan fingerprint density at radius 1 is 1.35 bits per heavy atom. The van der Waals surface area contributed by atoms with Crippen molar-refractivity contribution in [3.05, 3.63) is 17.0 Å². The molecule has 2 rings (SSSR count). The molecule has 0 spiro atoms. The third kappa shape index (κ3) is 3.32. The number of aromatic nitrogens is 2. The Bertz CT molecular complexity index is 375. The van der Waals surface area contributed by atoms with E-state index in [9.17, 15) is 0 Å². The average Bonchev–Trinajstić information content (AvgIpc) is 3.01. The van der Waals surface area contributed by atoms with Gasteiger partial charge in [0.2, 0.25) is 0 Å². The smallest absolute Gasteiger partial charge is 0.0641 e. The molecule has 3 nitrogen and oxygen atoms in total. The second kappa shape index (κ2) is 5.21. The minimum Gasteiger partial charge on any atom is -0.312 e. The third-order valence-corrected chi connectivity index (χ3v) is 3.51. The summed E-state index contributed by atoms with van der Waals surface area (Å²) < 4.78 is 2.21. The fraction of sp³-hybridized carbons (Fsp3) is 0.786. The van der Waals surface area contributed by atoms with Crippen molar-refractivity contribution in [2.24, 2.45) is 11.8 Å². The van der Waals surface area contributed by atoms with E-state index < -0.39 is 0 Å². The van der Waals surface area contributed by atoms with Crippen molar-refractivity contribution in [3.63, 3.8) is 0 Å². The molecule has 1 heterocycles. The predicted octanol–water partition coefficient (Wildman–Crippen LogP) is 2.66.